The van der Waals surface area contributed by atoms with Crippen LogP contribution in [0.5, 0.6) is 0 Å². The summed E-state index contributed by atoms with van der Waals surface area (Å²) < 4.78 is 6.90. The van der Waals surface area contributed by atoms with E-state index in [9.17, 15) is 5.11 Å². The lowest BCUT2D eigenvalue weighted by Crippen LogP contribution is -2.29. The number of ether oxygens (including phenoxy) is 1. The molecule has 0 bridgehead atoms. The quantitative estimate of drug-likeness (QED) is 0.433. The molecule has 9 nitrogen and oxygen atoms in total. The number of aliphatic hydroxyl groups is 1. The second-order valence-corrected chi connectivity index (χ2v) is 7.38. The zero-order chi connectivity index (χ0) is 21.0. The first-order chi connectivity index (χ1) is 14.6. The van der Waals surface area contributed by atoms with Crippen LogP contribution in [0.2, 0.25) is 0 Å². The SMILES string of the molecule is COCCNc1nc2ccc(C#CC3(O)CCCCC3)cc2n1-c1ncnc(N)n1. The van der Waals surface area contributed by atoms with Crippen molar-refractivity contribution in [2.24, 2.45) is 0 Å². The van der Waals surface area contributed by atoms with Gasteiger partial charge in [0.2, 0.25) is 17.8 Å². The van der Waals surface area contributed by atoms with Gasteiger partial charge in [0.15, 0.2) is 0 Å². The van der Waals surface area contributed by atoms with Crippen molar-refractivity contribution in [2.45, 2.75) is 37.7 Å². The van der Waals surface area contributed by atoms with Crippen LogP contribution < -0.4 is 11.1 Å². The Hall–Kier alpha value is -3.22. The molecule has 4 rings (SSSR count). The van der Waals surface area contributed by atoms with Crippen molar-refractivity contribution in [3.8, 4) is 17.8 Å². The monoisotopic (exact) mass is 407 g/mol. The Balaban J connectivity index is 1.75. The molecule has 1 saturated carbocycles. The molecule has 1 fully saturated rings. The molecular formula is C21H25N7O2. The summed E-state index contributed by atoms with van der Waals surface area (Å²) in [4.78, 5) is 17.0. The van der Waals surface area contributed by atoms with Gasteiger partial charge in [0, 0.05) is 19.2 Å². The number of imidazole rings is 1. The minimum atomic E-state index is -0.900. The lowest BCUT2D eigenvalue weighted by Gasteiger charge is -2.26. The zero-order valence-electron chi connectivity index (χ0n) is 16.9. The molecule has 2 heterocycles. The first-order valence-corrected chi connectivity index (χ1v) is 10.0. The fraction of sp³-hybridized carbons (Fsp3) is 0.429. The average Bonchev–Trinajstić information content (AvgIpc) is 3.10. The minimum Gasteiger partial charge on any atom is -0.383 e. The van der Waals surface area contributed by atoms with E-state index in [4.69, 9.17) is 10.5 Å². The van der Waals surface area contributed by atoms with Gasteiger partial charge < -0.3 is 20.9 Å². The highest BCUT2D eigenvalue weighted by Gasteiger charge is 2.26. The molecule has 156 valence electrons. The van der Waals surface area contributed by atoms with Crippen molar-refractivity contribution in [3.05, 3.63) is 30.1 Å². The zero-order valence-corrected chi connectivity index (χ0v) is 16.9. The van der Waals surface area contributed by atoms with Crippen LogP contribution in [0.15, 0.2) is 24.5 Å². The van der Waals surface area contributed by atoms with Crippen molar-refractivity contribution >= 4 is 22.9 Å². The summed E-state index contributed by atoms with van der Waals surface area (Å²) >= 11 is 0. The molecule has 1 aliphatic rings. The van der Waals surface area contributed by atoms with Gasteiger partial charge in [-0.3, -0.25) is 0 Å². The number of anilines is 2. The standard InChI is InChI=1S/C21H25N7O2/c1-30-12-11-23-19-26-16-6-5-15(7-10-21(29)8-3-2-4-9-21)13-17(16)28(19)20-25-14-24-18(22)27-20/h5-6,13-14,29H,2-4,8-9,11-12H2,1H3,(H,23,26)(H2,22,24,25,27). The number of rotatable bonds is 5. The number of nitrogens with one attached hydrogen (secondary N) is 1. The van der Waals surface area contributed by atoms with Crippen LogP contribution in [-0.4, -0.2) is 55.5 Å². The fourth-order valence-electron chi connectivity index (χ4n) is 3.60. The lowest BCUT2D eigenvalue weighted by atomic mass is 9.85. The van der Waals surface area contributed by atoms with E-state index in [1.165, 1.54) is 6.33 Å². The van der Waals surface area contributed by atoms with Gasteiger partial charge >= 0.3 is 0 Å². The van der Waals surface area contributed by atoms with Crippen molar-refractivity contribution < 1.29 is 9.84 Å². The molecule has 2 aromatic heterocycles. The predicted octanol–water partition coefficient (Wildman–Crippen LogP) is 1.90. The number of fused-ring (bicyclic) bond motifs is 1. The first kappa shape index (κ1) is 20.1. The van der Waals surface area contributed by atoms with Crippen LogP contribution in [0.3, 0.4) is 0 Å². The topological polar surface area (TPSA) is 124 Å². The van der Waals surface area contributed by atoms with Crippen molar-refractivity contribution in [1.82, 2.24) is 24.5 Å². The maximum absolute atomic E-state index is 10.7. The van der Waals surface area contributed by atoms with Gasteiger partial charge in [0.1, 0.15) is 11.9 Å². The molecular weight excluding hydrogens is 382 g/mol. The smallest absolute Gasteiger partial charge is 0.241 e. The van der Waals surface area contributed by atoms with Gasteiger partial charge in [-0.15, -0.1) is 0 Å². The number of nitrogens with two attached hydrogens (primary N) is 1. The van der Waals surface area contributed by atoms with Crippen molar-refractivity contribution in [3.63, 3.8) is 0 Å². The summed E-state index contributed by atoms with van der Waals surface area (Å²) in [5.41, 5.74) is 7.19. The Morgan fingerprint density at radius 3 is 2.83 bits per heavy atom. The van der Waals surface area contributed by atoms with E-state index in [-0.39, 0.29) is 5.95 Å². The Morgan fingerprint density at radius 1 is 1.23 bits per heavy atom. The third-order valence-corrected chi connectivity index (χ3v) is 5.14. The van der Waals surface area contributed by atoms with Crippen molar-refractivity contribution in [1.29, 1.82) is 0 Å². The molecule has 0 saturated heterocycles. The molecule has 9 heteroatoms. The summed E-state index contributed by atoms with van der Waals surface area (Å²) in [6.07, 6.45) is 5.98. The number of nitrogen functional groups attached to an aromatic ring is 1. The number of hydrogen-bond donors (Lipinski definition) is 3. The normalized spacial score (nSPS) is 15.5. The molecule has 4 N–H and O–H groups in total. The highest BCUT2D eigenvalue weighted by molar-refractivity contribution is 5.82. The van der Waals surface area contributed by atoms with Gasteiger partial charge in [0.25, 0.3) is 0 Å². The first-order valence-electron chi connectivity index (χ1n) is 10.0. The van der Waals surface area contributed by atoms with E-state index in [1.807, 2.05) is 18.2 Å². The third kappa shape index (κ3) is 4.35. The molecule has 0 radical (unpaired) electrons. The molecule has 0 atom stereocenters. The number of benzene rings is 1. The number of methoxy groups -OCH3 is 1. The number of nitrogens with zero attached hydrogens (tertiary/aromatic N) is 5. The number of aromatic nitrogens is 5. The predicted molar refractivity (Wildman–Crippen MR) is 114 cm³/mol. The van der Waals surface area contributed by atoms with Crippen LogP contribution in [0.25, 0.3) is 17.0 Å². The largest absolute Gasteiger partial charge is 0.383 e. The van der Waals surface area contributed by atoms with E-state index < -0.39 is 5.60 Å². The van der Waals surface area contributed by atoms with E-state index in [1.54, 1.807) is 11.7 Å². The van der Waals surface area contributed by atoms with Gasteiger partial charge in [-0.2, -0.15) is 4.98 Å². The molecule has 0 amide bonds. The maximum Gasteiger partial charge on any atom is 0.241 e. The molecule has 1 aromatic carbocycles. The van der Waals surface area contributed by atoms with E-state index >= 15 is 0 Å². The second kappa shape index (κ2) is 8.65. The molecule has 0 aliphatic heterocycles. The summed E-state index contributed by atoms with van der Waals surface area (Å²) in [6.45, 7) is 1.10. The Bertz CT molecular complexity index is 1090. The van der Waals surface area contributed by atoms with Crippen molar-refractivity contribution in [2.75, 3.05) is 31.3 Å². The van der Waals surface area contributed by atoms with E-state index in [0.29, 0.717) is 25.0 Å². The summed E-state index contributed by atoms with van der Waals surface area (Å²) in [7, 11) is 1.64. The van der Waals surface area contributed by atoms with Crippen LogP contribution >= 0.6 is 0 Å². The van der Waals surface area contributed by atoms with Crippen LogP contribution in [-0.2, 0) is 4.74 Å². The highest BCUT2D eigenvalue weighted by atomic mass is 16.5. The third-order valence-electron chi connectivity index (χ3n) is 5.14. The Labute approximate surface area is 174 Å². The molecule has 3 aromatic rings. The number of hydrogen-bond acceptors (Lipinski definition) is 8. The van der Waals surface area contributed by atoms with Crippen LogP contribution in [0, 0.1) is 11.8 Å². The maximum atomic E-state index is 10.7. The Kier molecular flexibility index (Phi) is 5.79. The van der Waals surface area contributed by atoms with E-state index in [0.717, 1.165) is 48.7 Å². The van der Waals surface area contributed by atoms with Gasteiger partial charge in [0.05, 0.1) is 17.6 Å². The van der Waals surface area contributed by atoms with Gasteiger partial charge in [-0.1, -0.05) is 18.3 Å². The van der Waals surface area contributed by atoms with Gasteiger partial charge in [-0.05, 0) is 43.9 Å². The fourth-order valence-corrected chi connectivity index (χ4v) is 3.60. The van der Waals surface area contributed by atoms with Gasteiger partial charge in [-0.25, -0.2) is 19.5 Å². The van der Waals surface area contributed by atoms with Crippen LogP contribution in [0.4, 0.5) is 11.9 Å². The average molecular weight is 407 g/mol. The molecule has 30 heavy (non-hydrogen) atoms. The summed E-state index contributed by atoms with van der Waals surface area (Å²) in [5.74, 6) is 7.28. The highest BCUT2D eigenvalue weighted by Crippen LogP contribution is 2.28. The van der Waals surface area contributed by atoms with E-state index in [2.05, 4.69) is 37.1 Å². The van der Waals surface area contributed by atoms with Crippen LogP contribution in [0.1, 0.15) is 37.7 Å². The molecule has 0 spiro atoms. The second-order valence-electron chi connectivity index (χ2n) is 7.38. The molecule has 1 aliphatic carbocycles. The summed E-state index contributed by atoms with van der Waals surface area (Å²) in [5, 5.41) is 13.9. The Morgan fingerprint density at radius 2 is 2.07 bits per heavy atom. The summed E-state index contributed by atoms with van der Waals surface area (Å²) in [6, 6.07) is 5.72. The molecule has 0 unspecified atom stereocenters. The lowest BCUT2D eigenvalue weighted by molar-refractivity contribution is 0.0610. The minimum absolute atomic E-state index is 0.125.